The molecule has 1 N–H and O–H groups in total. The molecule has 4 nitrogen and oxygen atoms in total. The number of hydrogen-bond donors (Lipinski definition) is 1. The van der Waals surface area contributed by atoms with E-state index in [0.29, 0.717) is 18.2 Å². The first-order valence-corrected chi connectivity index (χ1v) is 8.85. The van der Waals surface area contributed by atoms with Gasteiger partial charge in [0, 0.05) is 5.56 Å². The van der Waals surface area contributed by atoms with E-state index in [4.69, 9.17) is 4.42 Å². The molecule has 4 aromatic rings. The highest BCUT2D eigenvalue weighted by Crippen LogP contribution is 2.21. The molecule has 0 bridgehead atoms. The highest BCUT2D eigenvalue weighted by Gasteiger charge is 2.14. The van der Waals surface area contributed by atoms with Crippen molar-refractivity contribution in [2.45, 2.75) is 13.1 Å². The lowest BCUT2D eigenvalue weighted by Crippen LogP contribution is -3.06. The van der Waals surface area contributed by atoms with Crippen molar-refractivity contribution in [2.75, 3.05) is 7.05 Å². The van der Waals surface area contributed by atoms with Gasteiger partial charge in [0.15, 0.2) is 12.3 Å². The number of quaternary nitrogens is 1. The maximum Gasteiger partial charge on any atom is 0.250 e. The van der Waals surface area contributed by atoms with Crippen molar-refractivity contribution in [1.82, 2.24) is 9.97 Å². The summed E-state index contributed by atoms with van der Waals surface area (Å²) in [6.45, 7) is 1.48. The molecule has 6 heteroatoms. The molecular weight excluding hydrogens is 337 g/mol. The molecule has 0 aliphatic rings. The smallest absolute Gasteiger partial charge is 0.250 e. The third-order valence-electron chi connectivity index (χ3n) is 3.93. The molecule has 2 aromatic heterocycles. The zero-order valence-corrected chi connectivity index (χ0v) is 14.5. The van der Waals surface area contributed by atoms with Crippen molar-refractivity contribution < 1.29 is 13.7 Å². The number of nitrogens with zero attached hydrogens (tertiary/aromatic N) is 2. The summed E-state index contributed by atoms with van der Waals surface area (Å²) in [4.78, 5) is 10.2. The number of aromatic nitrogens is 2. The number of fused-ring (bicyclic) bond motifs is 1. The van der Waals surface area contributed by atoms with Crippen molar-refractivity contribution in [1.29, 1.82) is 0 Å². The predicted molar refractivity (Wildman–Crippen MR) is 95.8 cm³/mol. The van der Waals surface area contributed by atoms with Gasteiger partial charge in [0.2, 0.25) is 0 Å². The quantitative estimate of drug-likeness (QED) is 0.598. The number of halogens is 1. The molecule has 0 saturated heterocycles. The van der Waals surface area contributed by atoms with Crippen LogP contribution in [0.1, 0.15) is 10.9 Å². The van der Waals surface area contributed by atoms with Gasteiger partial charge in [-0.15, -0.1) is 11.3 Å². The van der Waals surface area contributed by atoms with Gasteiger partial charge in [-0.1, -0.05) is 12.1 Å². The van der Waals surface area contributed by atoms with E-state index in [0.717, 1.165) is 22.6 Å². The highest BCUT2D eigenvalue weighted by atomic mass is 32.1. The van der Waals surface area contributed by atoms with Gasteiger partial charge in [0.05, 0.1) is 23.5 Å². The second-order valence-corrected chi connectivity index (χ2v) is 7.13. The van der Waals surface area contributed by atoms with Crippen LogP contribution in [-0.2, 0) is 13.1 Å². The summed E-state index contributed by atoms with van der Waals surface area (Å²) in [5, 5.41) is 1.10. The Morgan fingerprint density at radius 3 is 2.68 bits per heavy atom. The summed E-state index contributed by atoms with van der Waals surface area (Å²) in [6, 6.07) is 14.4. The summed E-state index contributed by atoms with van der Waals surface area (Å²) >= 11 is 1.72. The van der Waals surface area contributed by atoms with E-state index in [1.165, 1.54) is 21.7 Å². The first kappa shape index (κ1) is 15.9. The lowest BCUT2D eigenvalue weighted by Gasteiger charge is -2.09. The molecule has 25 heavy (non-hydrogen) atoms. The fourth-order valence-electron chi connectivity index (χ4n) is 2.71. The molecule has 0 fully saturated rings. The Labute approximate surface area is 148 Å². The van der Waals surface area contributed by atoms with Crippen LogP contribution in [0.15, 0.2) is 59.1 Å². The maximum absolute atomic E-state index is 13.0. The molecule has 2 aromatic carbocycles. The molecule has 126 valence electrons. The Kier molecular flexibility index (Phi) is 4.29. The van der Waals surface area contributed by atoms with Crippen LogP contribution in [0.5, 0.6) is 0 Å². The van der Waals surface area contributed by atoms with E-state index in [1.807, 2.05) is 18.2 Å². The fraction of sp³-hybridized carbons (Fsp3) is 0.158. The second kappa shape index (κ2) is 6.74. The molecule has 1 unspecified atom stereocenters. The van der Waals surface area contributed by atoms with Crippen LogP contribution in [0, 0.1) is 5.82 Å². The largest absolute Gasteiger partial charge is 0.435 e. The predicted octanol–water partition coefficient (Wildman–Crippen LogP) is 3.31. The number of hydrogen-bond acceptors (Lipinski definition) is 4. The summed E-state index contributed by atoms with van der Waals surface area (Å²) in [6.07, 6.45) is 1.69. The van der Waals surface area contributed by atoms with Gasteiger partial charge in [-0.25, -0.2) is 14.4 Å². The second-order valence-electron chi connectivity index (χ2n) is 6.01. The standard InChI is InChI=1S/C19H16FN3OS/c1-23(12-19-22-15-4-2-3-5-17(15)25-19)11-18-21-10-16(24-18)13-6-8-14(20)9-7-13/h2-10H,11-12H2,1H3/p+1. The molecule has 4 rings (SSSR count). The van der Waals surface area contributed by atoms with Crippen molar-refractivity contribution in [3.8, 4) is 11.3 Å². The topological polar surface area (TPSA) is 43.4 Å². The van der Waals surface area contributed by atoms with E-state index >= 15 is 0 Å². The van der Waals surface area contributed by atoms with Gasteiger partial charge < -0.3 is 9.32 Å². The molecule has 0 aliphatic carbocycles. The van der Waals surface area contributed by atoms with Crippen LogP contribution in [0.4, 0.5) is 4.39 Å². The van der Waals surface area contributed by atoms with Crippen LogP contribution in [-0.4, -0.2) is 17.0 Å². The molecule has 0 radical (unpaired) electrons. The molecule has 0 saturated carbocycles. The van der Waals surface area contributed by atoms with Crippen LogP contribution in [0.3, 0.4) is 0 Å². The number of oxazole rings is 1. The Balaban J connectivity index is 1.44. The van der Waals surface area contributed by atoms with Crippen molar-refractivity contribution in [3.05, 3.63) is 71.4 Å². The number of para-hydroxylation sites is 1. The first-order valence-electron chi connectivity index (χ1n) is 8.04. The number of thiazole rings is 1. The zero-order chi connectivity index (χ0) is 17.2. The van der Waals surface area contributed by atoms with Crippen molar-refractivity contribution in [2.24, 2.45) is 0 Å². The Bertz CT molecular complexity index is 960. The monoisotopic (exact) mass is 354 g/mol. The Hall–Kier alpha value is -2.57. The average molecular weight is 354 g/mol. The molecular formula is C19H17FN3OS+. The van der Waals surface area contributed by atoms with Gasteiger partial charge in [-0.3, -0.25) is 0 Å². The van der Waals surface area contributed by atoms with E-state index < -0.39 is 0 Å². The zero-order valence-electron chi connectivity index (χ0n) is 13.7. The number of nitrogens with one attached hydrogen (secondary N) is 1. The fourth-order valence-corrected chi connectivity index (χ4v) is 3.80. The number of benzene rings is 2. The number of rotatable bonds is 5. The Morgan fingerprint density at radius 1 is 1.08 bits per heavy atom. The normalized spacial score (nSPS) is 12.6. The lowest BCUT2D eigenvalue weighted by atomic mass is 10.2. The first-order chi connectivity index (χ1) is 12.2. The minimum Gasteiger partial charge on any atom is -0.435 e. The molecule has 0 spiro atoms. The van der Waals surface area contributed by atoms with Crippen molar-refractivity contribution in [3.63, 3.8) is 0 Å². The summed E-state index contributed by atoms with van der Waals surface area (Å²) in [5.74, 6) is 1.06. The minimum absolute atomic E-state index is 0.261. The highest BCUT2D eigenvalue weighted by molar-refractivity contribution is 7.18. The molecule has 0 amide bonds. The van der Waals surface area contributed by atoms with Crippen molar-refractivity contribution >= 4 is 21.6 Å². The van der Waals surface area contributed by atoms with E-state index in [1.54, 1.807) is 29.7 Å². The lowest BCUT2D eigenvalue weighted by molar-refractivity contribution is -0.909. The molecule has 1 atom stereocenters. The summed E-state index contributed by atoms with van der Waals surface area (Å²) < 4.78 is 20.0. The van der Waals surface area contributed by atoms with Gasteiger partial charge in [-0.2, -0.15) is 0 Å². The molecule has 0 aliphatic heterocycles. The van der Waals surface area contributed by atoms with E-state index in [-0.39, 0.29) is 5.82 Å². The van der Waals surface area contributed by atoms with Crippen LogP contribution in [0.2, 0.25) is 0 Å². The van der Waals surface area contributed by atoms with Crippen LogP contribution in [0.25, 0.3) is 21.5 Å². The SMILES string of the molecule is C[NH+](Cc1ncc(-c2ccc(F)cc2)o1)Cc1nc2ccccc2s1. The van der Waals surface area contributed by atoms with Crippen LogP contribution < -0.4 is 4.90 Å². The molecule has 2 heterocycles. The maximum atomic E-state index is 13.0. The minimum atomic E-state index is -0.261. The average Bonchev–Trinajstić information content (AvgIpc) is 3.21. The third kappa shape index (κ3) is 3.60. The Morgan fingerprint density at radius 2 is 1.88 bits per heavy atom. The van der Waals surface area contributed by atoms with Crippen LogP contribution >= 0.6 is 11.3 Å². The van der Waals surface area contributed by atoms with Gasteiger partial charge in [0.25, 0.3) is 5.89 Å². The van der Waals surface area contributed by atoms with E-state index in [9.17, 15) is 4.39 Å². The van der Waals surface area contributed by atoms with Gasteiger partial charge in [0.1, 0.15) is 17.4 Å². The van der Waals surface area contributed by atoms with Gasteiger partial charge in [-0.05, 0) is 36.4 Å². The summed E-state index contributed by atoms with van der Waals surface area (Å²) in [7, 11) is 2.09. The van der Waals surface area contributed by atoms with Gasteiger partial charge >= 0.3 is 0 Å². The third-order valence-corrected chi connectivity index (χ3v) is 4.96. The van der Waals surface area contributed by atoms with E-state index in [2.05, 4.69) is 23.1 Å². The summed E-state index contributed by atoms with van der Waals surface area (Å²) in [5.41, 5.74) is 1.87.